The number of nitrogens with zero attached hydrogens (tertiary/aromatic N) is 5. The van der Waals surface area contributed by atoms with Crippen LogP contribution in [0.25, 0.3) is 11.2 Å². The minimum absolute atomic E-state index is 0.0759. The van der Waals surface area contributed by atoms with Gasteiger partial charge in [0.1, 0.15) is 5.52 Å². The van der Waals surface area contributed by atoms with E-state index in [0.717, 1.165) is 36.2 Å². The summed E-state index contributed by atoms with van der Waals surface area (Å²) < 4.78 is 7.33. The minimum Gasteiger partial charge on any atom is -0.429 e. The van der Waals surface area contributed by atoms with Crippen LogP contribution in [0.15, 0.2) is 30.6 Å². The molecule has 0 amide bonds. The summed E-state index contributed by atoms with van der Waals surface area (Å²) >= 11 is 0. The van der Waals surface area contributed by atoms with Crippen molar-refractivity contribution in [2.75, 3.05) is 23.3 Å². The SMILES string of the molecule is CCCC(=N)OC(=N)C1CCN(c2nc(Nc3ccccc3C)c3c(ncn3C)n2)C1. The summed E-state index contributed by atoms with van der Waals surface area (Å²) in [4.78, 5) is 16.0. The standard InChI is InChI=1S/C22H28N8O/c1-4-7-17(23)31-19(24)15-10-11-30(12-15)22-27-20-18(29(3)13-25-20)21(28-22)26-16-9-6-5-8-14(16)2/h5-6,8-9,13,15,23-24H,4,7,10-12H2,1-3H3,(H,26,27,28). The van der Waals surface area contributed by atoms with Gasteiger partial charge in [-0.3, -0.25) is 10.8 Å². The highest BCUT2D eigenvalue weighted by atomic mass is 16.5. The number of imidazole rings is 1. The van der Waals surface area contributed by atoms with Crippen molar-refractivity contribution in [3.63, 3.8) is 0 Å². The molecule has 2 aromatic heterocycles. The molecule has 1 saturated heterocycles. The van der Waals surface area contributed by atoms with E-state index in [4.69, 9.17) is 20.5 Å². The fraction of sp³-hybridized carbons (Fsp3) is 0.409. The van der Waals surface area contributed by atoms with Crippen LogP contribution in [0, 0.1) is 23.7 Å². The van der Waals surface area contributed by atoms with Gasteiger partial charge in [0, 0.05) is 32.2 Å². The molecule has 0 radical (unpaired) electrons. The van der Waals surface area contributed by atoms with Crippen molar-refractivity contribution in [3.8, 4) is 0 Å². The zero-order valence-corrected chi connectivity index (χ0v) is 18.1. The van der Waals surface area contributed by atoms with E-state index in [1.165, 1.54) is 0 Å². The van der Waals surface area contributed by atoms with Gasteiger partial charge >= 0.3 is 0 Å². The van der Waals surface area contributed by atoms with E-state index in [0.29, 0.717) is 30.4 Å². The number of ether oxygens (including phenoxy) is 1. The summed E-state index contributed by atoms with van der Waals surface area (Å²) in [6.07, 6.45) is 3.88. The average molecular weight is 421 g/mol. The summed E-state index contributed by atoms with van der Waals surface area (Å²) in [5.41, 5.74) is 3.58. The van der Waals surface area contributed by atoms with Gasteiger partial charge in [-0.15, -0.1) is 0 Å². The van der Waals surface area contributed by atoms with E-state index in [1.54, 1.807) is 6.33 Å². The van der Waals surface area contributed by atoms with Gasteiger partial charge in [0.25, 0.3) is 0 Å². The summed E-state index contributed by atoms with van der Waals surface area (Å²) in [6.45, 7) is 5.35. The first-order valence-corrected chi connectivity index (χ1v) is 10.6. The van der Waals surface area contributed by atoms with Gasteiger partial charge in [0.15, 0.2) is 23.3 Å². The molecule has 1 atom stereocenters. The molecule has 1 aliphatic heterocycles. The Morgan fingerprint density at radius 3 is 2.84 bits per heavy atom. The van der Waals surface area contributed by atoms with Crippen LogP contribution in [0.3, 0.4) is 0 Å². The topological polar surface area (TPSA) is 116 Å². The number of aromatic nitrogens is 4. The third kappa shape index (κ3) is 4.35. The fourth-order valence-corrected chi connectivity index (χ4v) is 3.76. The minimum atomic E-state index is -0.0759. The maximum absolute atomic E-state index is 8.24. The Kier molecular flexibility index (Phi) is 5.83. The second-order valence-electron chi connectivity index (χ2n) is 7.91. The van der Waals surface area contributed by atoms with Crippen molar-refractivity contribution in [2.45, 2.75) is 33.1 Å². The van der Waals surface area contributed by atoms with E-state index >= 15 is 0 Å². The molecule has 1 aliphatic rings. The summed E-state index contributed by atoms with van der Waals surface area (Å²) in [5, 5.41) is 19.5. The Labute approximate surface area is 181 Å². The number of anilines is 3. The Morgan fingerprint density at radius 1 is 1.26 bits per heavy atom. The molecular weight excluding hydrogens is 392 g/mol. The molecule has 1 aromatic carbocycles. The Balaban J connectivity index is 1.58. The van der Waals surface area contributed by atoms with E-state index in [-0.39, 0.29) is 17.7 Å². The molecule has 3 aromatic rings. The van der Waals surface area contributed by atoms with Crippen molar-refractivity contribution in [3.05, 3.63) is 36.2 Å². The van der Waals surface area contributed by atoms with Gasteiger partial charge in [-0.25, -0.2) is 4.98 Å². The predicted octanol–water partition coefficient (Wildman–Crippen LogP) is 4.01. The molecule has 4 rings (SSSR count). The molecule has 3 N–H and O–H groups in total. The highest BCUT2D eigenvalue weighted by molar-refractivity contribution is 5.90. The van der Waals surface area contributed by atoms with Crippen molar-refractivity contribution < 1.29 is 4.74 Å². The molecule has 0 bridgehead atoms. The Morgan fingerprint density at radius 2 is 2.06 bits per heavy atom. The van der Waals surface area contributed by atoms with Crippen LogP contribution in [-0.2, 0) is 11.8 Å². The predicted molar refractivity (Wildman–Crippen MR) is 123 cm³/mol. The molecule has 9 nitrogen and oxygen atoms in total. The summed E-state index contributed by atoms with van der Waals surface area (Å²) in [5.74, 6) is 1.52. The number of para-hydroxylation sites is 1. The number of rotatable bonds is 6. The lowest BCUT2D eigenvalue weighted by Crippen LogP contribution is -2.26. The molecule has 0 saturated carbocycles. The average Bonchev–Trinajstić information content (AvgIpc) is 3.37. The van der Waals surface area contributed by atoms with Crippen LogP contribution < -0.4 is 10.2 Å². The fourth-order valence-electron chi connectivity index (χ4n) is 3.76. The van der Waals surface area contributed by atoms with Crippen molar-refractivity contribution >= 4 is 40.4 Å². The van der Waals surface area contributed by atoms with Gasteiger partial charge in [0.05, 0.1) is 12.2 Å². The molecule has 1 fully saturated rings. The highest BCUT2D eigenvalue weighted by Gasteiger charge is 2.30. The second-order valence-corrected chi connectivity index (χ2v) is 7.91. The Hall–Kier alpha value is -3.49. The normalized spacial score (nSPS) is 16.0. The van der Waals surface area contributed by atoms with E-state index < -0.39 is 0 Å². The molecule has 31 heavy (non-hydrogen) atoms. The zero-order chi connectivity index (χ0) is 22.0. The number of aryl methyl sites for hydroxylation is 2. The van der Waals surface area contributed by atoms with Gasteiger partial charge in [0.2, 0.25) is 5.95 Å². The lowest BCUT2D eigenvalue weighted by atomic mass is 10.1. The first-order chi connectivity index (χ1) is 15.0. The van der Waals surface area contributed by atoms with Crippen LogP contribution in [0.2, 0.25) is 0 Å². The van der Waals surface area contributed by atoms with Crippen LogP contribution >= 0.6 is 0 Å². The summed E-state index contributed by atoms with van der Waals surface area (Å²) in [6, 6.07) is 8.07. The molecule has 0 spiro atoms. The third-order valence-corrected chi connectivity index (χ3v) is 5.51. The van der Waals surface area contributed by atoms with Crippen LogP contribution in [0.5, 0.6) is 0 Å². The van der Waals surface area contributed by atoms with Gasteiger partial charge in [-0.2, -0.15) is 9.97 Å². The van der Waals surface area contributed by atoms with E-state index in [2.05, 4.69) is 33.2 Å². The second kappa shape index (κ2) is 8.71. The summed E-state index contributed by atoms with van der Waals surface area (Å²) in [7, 11) is 1.93. The number of fused-ring (bicyclic) bond motifs is 1. The van der Waals surface area contributed by atoms with Crippen molar-refractivity contribution in [1.29, 1.82) is 10.8 Å². The highest BCUT2D eigenvalue weighted by Crippen LogP contribution is 2.29. The Bertz CT molecular complexity index is 1120. The van der Waals surface area contributed by atoms with E-state index in [1.807, 2.05) is 36.7 Å². The van der Waals surface area contributed by atoms with Crippen molar-refractivity contribution in [1.82, 2.24) is 19.5 Å². The maximum Gasteiger partial charge on any atom is 0.229 e. The van der Waals surface area contributed by atoms with Crippen LogP contribution in [-0.4, -0.2) is 44.4 Å². The van der Waals surface area contributed by atoms with Gasteiger partial charge in [-0.05, 0) is 31.4 Å². The maximum atomic E-state index is 8.24. The molecule has 0 aliphatic carbocycles. The van der Waals surface area contributed by atoms with Gasteiger partial charge < -0.3 is 19.5 Å². The molecule has 3 heterocycles. The first-order valence-electron chi connectivity index (χ1n) is 10.6. The molecule has 9 heteroatoms. The lowest BCUT2D eigenvalue weighted by molar-refractivity contribution is 0.464. The quantitative estimate of drug-likeness (QED) is 0.410. The smallest absolute Gasteiger partial charge is 0.229 e. The largest absolute Gasteiger partial charge is 0.429 e. The van der Waals surface area contributed by atoms with Crippen molar-refractivity contribution in [2.24, 2.45) is 13.0 Å². The number of benzene rings is 1. The number of hydrogen-bond acceptors (Lipinski definition) is 8. The molecular formula is C22H28N8O. The number of nitrogens with one attached hydrogen (secondary N) is 3. The zero-order valence-electron chi connectivity index (χ0n) is 18.1. The molecule has 1 unspecified atom stereocenters. The third-order valence-electron chi connectivity index (χ3n) is 5.51. The molecule has 162 valence electrons. The first kappa shape index (κ1) is 20.8. The lowest BCUT2D eigenvalue weighted by Gasteiger charge is -2.18. The van der Waals surface area contributed by atoms with E-state index in [9.17, 15) is 0 Å². The van der Waals surface area contributed by atoms with Crippen LogP contribution in [0.4, 0.5) is 17.5 Å². The number of hydrogen-bond donors (Lipinski definition) is 3. The van der Waals surface area contributed by atoms with Crippen LogP contribution in [0.1, 0.15) is 31.7 Å². The van der Waals surface area contributed by atoms with Gasteiger partial charge in [-0.1, -0.05) is 25.1 Å². The monoisotopic (exact) mass is 420 g/mol.